The smallest absolute Gasteiger partial charge is 0.408 e. The molecule has 2 heterocycles. The van der Waals surface area contributed by atoms with Crippen molar-refractivity contribution >= 4 is 53.2 Å². The van der Waals surface area contributed by atoms with Gasteiger partial charge in [0, 0.05) is 18.2 Å². The number of aliphatic carboxylic acids is 1. The second-order valence-corrected chi connectivity index (χ2v) is 10.7. The van der Waals surface area contributed by atoms with E-state index in [4.69, 9.17) is 21.1 Å². The molecule has 3 rings (SSSR count). The maximum atomic E-state index is 13.3. The van der Waals surface area contributed by atoms with E-state index in [2.05, 4.69) is 10.6 Å². The summed E-state index contributed by atoms with van der Waals surface area (Å²) in [6, 6.07) is 1.47. The first-order chi connectivity index (χ1) is 17.2. The van der Waals surface area contributed by atoms with Crippen LogP contribution in [0.5, 0.6) is 5.75 Å². The van der Waals surface area contributed by atoms with E-state index in [0.717, 1.165) is 4.90 Å². The van der Waals surface area contributed by atoms with Gasteiger partial charge >= 0.3 is 18.0 Å². The normalized spacial score (nSPS) is 19.8. The molecule has 0 saturated carbocycles. The first-order valence-corrected chi connectivity index (χ1v) is 12.4. The van der Waals surface area contributed by atoms with E-state index in [0.29, 0.717) is 0 Å². The second-order valence-electron chi connectivity index (χ2n) is 9.22. The van der Waals surface area contributed by atoms with Gasteiger partial charge in [-0.3, -0.25) is 19.3 Å². The van der Waals surface area contributed by atoms with Crippen LogP contribution in [0.25, 0.3) is 0 Å². The Morgan fingerprint density at radius 3 is 2.51 bits per heavy atom. The molecule has 37 heavy (non-hydrogen) atoms. The molecular weight excluding hydrogens is 530 g/mol. The fourth-order valence-corrected chi connectivity index (χ4v) is 5.16. The Balaban J connectivity index is 1.82. The summed E-state index contributed by atoms with van der Waals surface area (Å²) in [5, 5.41) is 23.6. The van der Waals surface area contributed by atoms with Crippen LogP contribution in [0, 0.1) is 0 Å². The molecule has 1 saturated heterocycles. The van der Waals surface area contributed by atoms with Crippen molar-refractivity contribution < 1.29 is 43.7 Å². The summed E-state index contributed by atoms with van der Waals surface area (Å²) < 4.78 is 10.1. The molecule has 14 heteroatoms. The van der Waals surface area contributed by atoms with Crippen LogP contribution in [0.2, 0.25) is 5.02 Å². The molecule has 1 aromatic carbocycles. The van der Waals surface area contributed by atoms with E-state index < -0.39 is 52.9 Å². The number of carbonyl (C=O) groups is 5. The monoisotopic (exact) mass is 555 g/mol. The van der Waals surface area contributed by atoms with Crippen molar-refractivity contribution in [2.24, 2.45) is 0 Å². The SMILES string of the molecule is CC(=O)OCC1=C(C(=O)O)N2C(=O)[C@@H](NC(=O)C(NC(=O)OC(C)(C)C)c3ccc(O)c(Cl)c3)[C@H]2SC1. The van der Waals surface area contributed by atoms with E-state index in [1.807, 2.05) is 0 Å². The number of carboxylic acid groups (broad SMARTS) is 1. The number of β-lactam (4-membered cyclic amide) rings is 1. The lowest BCUT2D eigenvalue weighted by atomic mass is 10.0. The van der Waals surface area contributed by atoms with Gasteiger partial charge < -0.3 is 30.3 Å². The number of hydrogen-bond acceptors (Lipinski definition) is 9. The number of alkyl carbamates (subject to hydrolysis) is 1. The van der Waals surface area contributed by atoms with Crippen molar-refractivity contribution in [3.8, 4) is 5.75 Å². The van der Waals surface area contributed by atoms with Gasteiger partial charge in [-0.15, -0.1) is 11.8 Å². The minimum absolute atomic E-state index is 0.0634. The molecule has 1 aromatic rings. The van der Waals surface area contributed by atoms with E-state index >= 15 is 0 Å². The fourth-order valence-electron chi connectivity index (χ4n) is 3.65. The van der Waals surface area contributed by atoms with E-state index in [1.54, 1.807) is 20.8 Å². The Bertz CT molecular complexity index is 1180. The molecule has 3 atom stereocenters. The molecule has 1 fully saturated rings. The Hall–Kier alpha value is -3.45. The molecule has 0 bridgehead atoms. The molecule has 0 aliphatic carbocycles. The van der Waals surface area contributed by atoms with Crippen LogP contribution in [0.1, 0.15) is 39.3 Å². The lowest BCUT2D eigenvalue weighted by Crippen LogP contribution is -2.71. The molecular formula is C23H26ClN3O9S. The van der Waals surface area contributed by atoms with Gasteiger partial charge in [-0.05, 0) is 38.5 Å². The number of hydrogen-bond donors (Lipinski definition) is 4. The summed E-state index contributed by atoms with van der Waals surface area (Å²) in [5.74, 6) is -3.50. The number of nitrogens with zero attached hydrogens (tertiary/aromatic N) is 1. The summed E-state index contributed by atoms with van der Waals surface area (Å²) in [6.45, 7) is 5.84. The number of ether oxygens (including phenoxy) is 2. The zero-order valence-electron chi connectivity index (χ0n) is 20.4. The van der Waals surface area contributed by atoms with Gasteiger partial charge in [0.1, 0.15) is 41.1 Å². The number of phenolic OH excluding ortho intramolecular Hbond substituents is 1. The molecule has 2 aliphatic rings. The number of aromatic hydroxyl groups is 1. The van der Waals surface area contributed by atoms with Crippen molar-refractivity contribution in [3.63, 3.8) is 0 Å². The van der Waals surface area contributed by atoms with Gasteiger partial charge in [-0.2, -0.15) is 0 Å². The van der Waals surface area contributed by atoms with Crippen molar-refractivity contribution in [1.82, 2.24) is 15.5 Å². The van der Waals surface area contributed by atoms with Crippen LogP contribution in [-0.2, 0) is 28.7 Å². The number of phenols is 1. The van der Waals surface area contributed by atoms with Crippen LogP contribution in [0.15, 0.2) is 29.5 Å². The maximum absolute atomic E-state index is 13.3. The zero-order chi connectivity index (χ0) is 27.7. The minimum Gasteiger partial charge on any atom is -0.506 e. The van der Waals surface area contributed by atoms with E-state index in [9.17, 15) is 34.2 Å². The lowest BCUT2D eigenvalue weighted by molar-refractivity contribution is -0.151. The predicted molar refractivity (Wildman–Crippen MR) is 132 cm³/mol. The van der Waals surface area contributed by atoms with Gasteiger partial charge in [0.05, 0.1) is 5.02 Å². The van der Waals surface area contributed by atoms with Crippen LogP contribution in [0.4, 0.5) is 4.79 Å². The van der Waals surface area contributed by atoms with Crippen LogP contribution >= 0.6 is 23.4 Å². The number of carbonyl (C=O) groups excluding carboxylic acids is 4. The Kier molecular flexibility index (Phi) is 8.28. The Labute approximate surface area is 221 Å². The highest BCUT2D eigenvalue weighted by Crippen LogP contribution is 2.40. The zero-order valence-corrected chi connectivity index (χ0v) is 21.9. The molecule has 1 unspecified atom stereocenters. The molecule has 4 N–H and O–H groups in total. The number of carboxylic acids is 1. The standard InChI is InChI=1S/C23H26ClN3O9S/c1-10(28)35-8-12-9-37-20-16(19(31)27(20)17(12)21(32)33)25-18(30)15(26-22(34)36-23(2,3)4)11-5-6-14(29)13(24)7-11/h5-7,15-16,20,29H,8-9H2,1-4H3,(H,25,30)(H,26,34)(H,32,33)/t15?,16-,20-/m1/s1. The minimum atomic E-state index is -1.37. The topological polar surface area (TPSA) is 172 Å². The molecule has 200 valence electrons. The van der Waals surface area contributed by atoms with Gasteiger partial charge in [0.15, 0.2) is 0 Å². The van der Waals surface area contributed by atoms with Crippen LogP contribution in [0.3, 0.4) is 0 Å². The van der Waals surface area contributed by atoms with Crippen molar-refractivity contribution in [2.45, 2.75) is 50.8 Å². The largest absolute Gasteiger partial charge is 0.506 e. The third-order valence-electron chi connectivity index (χ3n) is 5.23. The average Bonchev–Trinajstić information content (AvgIpc) is 2.79. The quantitative estimate of drug-likeness (QED) is 0.287. The number of thioether (sulfide) groups is 1. The van der Waals surface area contributed by atoms with Gasteiger partial charge in [-0.25, -0.2) is 9.59 Å². The van der Waals surface area contributed by atoms with E-state index in [1.165, 1.54) is 36.9 Å². The number of fused-ring (bicyclic) bond motifs is 1. The fraction of sp³-hybridized carbons (Fsp3) is 0.435. The number of rotatable bonds is 7. The summed E-state index contributed by atoms with van der Waals surface area (Å²) in [6.07, 6.45) is -0.906. The number of amides is 3. The molecule has 12 nitrogen and oxygen atoms in total. The number of halogens is 1. The number of nitrogens with one attached hydrogen (secondary N) is 2. The molecule has 3 amide bonds. The van der Waals surface area contributed by atoms with Crippen molar-refractivity contribution in [3.05, 3.63) is 40.1 Å². The summed E-state index contributed by atoms with van der Waals surface area (Å²) in [5.41, 5.74) is -0.690. The van der Waals surface area contributed by atoms with Crippen molar-refractivity contribution in [1.29, 1.82) is 0 Å². The van der Waals surface area contributed by atoms with Gasteiger partial charge in [-0.1, -0.05) is 17.7 Å². The van der Waals surface area contributed by atoms with Crippen molar-refractivity contribution in [2.75, 3.05) is 12.4 Å². The van der Waals surface area contributed by atoms with E-state index in [-0.39, 0.29) is 40.0 Å². The predicted octanol–water partition coefficient (Wildman–Crippen LogP) is 1.91. The van der Waals surface area contributed by atoms with Crippen LogP contribution < -0.4 is 10.6 Å². The first-order valence-electron chi connectivity index (χ1n) is 11.0. The maximum Gasteiger partial charge on any atom is 0.408 e. The number of benzene rings is 1. The number of esters is 1. The molecule has 0 spiro atoms. The second kappa shape index (κ2) is 10.9. The molecule has 2 aliphatic heterocycles. The molecule has 0 aromatic heterocycles. The van der Waals surface area contributed by atoms with Gasteiger partial charge in [0.2, 0.25) is 5.91 Å². The Morgan fingerprint density at radius 1 is 1.27 bits per heavy atom. The van der Waals surface area contributed by atoms with Gasteiger partial charge in [0.25, 0.3) is 5.91 Å². The highest BCUT2D eigenvalue weighted by molar-refractivity contribution is 8.00. The third-order valence-corrected chi connectivity index (χ3v) is 6.87. The summed E-state index contributed by atoms with van der Waals surface area (Å²) in [4.78, 5) is 62.7. The summed E-state index contributed by atoms with van der Waals surface area (Å²) in [7, 11) is 0. The Morgan fingerprint density at radius 2 is 1.95 bits per heavy atom. The lowest BCUT2D eigenvalue weighted by Gasteiger charge is -2.49. The highest BCUT2D eigenvalue weighted by atomic mass is 35.5. The van der Waals surface area contributed by atoms with Crippen LogP contribution in [-0.4, -0.2) is 74.3 Å². The summed E-state index contributed by atoms with van der Waals surface area (Å²) >= 11 is 7.18. The molecule has 0 radical (unpaired) electrons. The third kappa shape index (κ3) is 6.46. The highest BCUT2D eigenvalue weighted by Gasteiger charge is 2.54. The average molecular weight is 556 g/mol. The first kappa shape index (κ1) is 28.1.